The van der Waals surface area contributed by atoms with Gasteiger partial charge in [0.25, 0.3) is 5.91 Å². The van der Waals surface area contributed by atoms with Gasteiger partial charge in [-0.3, -0.25) is 9.78 Å². The molecule has 8 nitrogen and oxygen atoms in total. The number of nitrogens with zero attached hydrogens (tertiary/aromatic N) is 4. The third-order valence-corrected chi connectivity index (χ3v) is 7.39. The number of hydrogen-bond acceptors (Lipinski definition) is 7. The molecule has 1 aliphatic carbocycles. The summed E-state index contributed by atoms with van der Waals surface area (Å²) in [5.41, 5.74) is 1.17. The zero-order valence-corrected chi connectivity index (χ0v) is 22.3. The third-order valence-electron chi connectivity index (χ3n) is 7.39. The van der Waals surface area contributed by atoms with Gasteiger partial charge in [0, 0.05) is 43.9 Å². The number of amides is 1. The fraction of sp³-hybridized carbons (Fsp3) is 0.630. The number of aryl methyl sites for hydroxylation is 1. The first-order valence-electron chi connectivity index (χ1n) is 13.3. The van der Waals surface area contributed by atoms with Crippen LogP contribution in [0.1, 0.15) is 56.0 Å². The summed E-state index contributed by atoms with van der Waals surface area (Å²) < 4.78 is 64.4. The first-order chi connectivity index (χ1) is 18.5. The van der Waals surface area contributed by atoms with Crippen molar-refractivity contribution in [3.63, 3.8) is 0 Å². The minimum Gasteiger partial charge on any atom is -0.466 e. The molecule has 2 aromatic rings. The maximum atomic E-state index is 15.6. The van der Waals surface area contributed by atoms with Crippen LogP contribution in [0.25, 0.3) is 0 Å². The SMILES string of the molecule is Cc1cnc(OCC(=O)NC2CCC(F)(CCN3CCc4ccc(OC(C)C(F)(F)F)nc4CC3)CC2)cn1. The Bertz CT molecular complexity index is 1110. The van der Waals surface area contributed by atoms with E-state index in [2.05, 4.69) is 25.2 Å². The zero-order valence-electron chi connectivity index (χ0n) is 22.3. The number of ether oxygens (including phenoxy) is 2. The van der Waals surface area contributed by atoms with E-state index in [4.69, 9.17) is 9.47 Å². The second kappa shape index (κ2) is 12.4. The molecule has 0 spiro atoms. The van der Waals surface area contributed by atoms with Crippen molar-refractivity contribution in [1.29, 1.82) is 0 Å². The maximum absolute atomic E-state index is 15.6. The highest BCUT2D eigenvalue weighted by atomic mass is 19.4. The lowest BCUT2D eigenvalue weighted by atomic mass is 9.81. The molecular formula is C27H35F4N5O3. The Labute approximate surface area is 225 Å². The number of aromatic nitrogens is 3. The van der Waals surface area contributed by atoms with Gasteiger partial charge >= 0.3 is 6.18 Å². The summed E-state index contributed by atoms with van der Waals surface area (Å²) in [6, 6.07) is 3.16. The Morgan fingerprint density at radius 3 is 2.59 bits per heavy atom. The number of carbonyl (C=O) groups is 1. The van der Waals surface area contributed by atoms with Gasteiger partial charge in [0.05, 0.1) is 18.1 Å². The summed E-state index contributed by atoms with van der Waals surface area (Å²) in [6.07, 6.45) is 0.145. The van der Waals surface area contributed by atoms with E-state index in [0.717, 1.165) is 30.4 Å². The smallest absolute Gasteiger partial charge is 0.425 e. The summed E-state index contributed by atoms with van der Waals surface area (Å²) in [6.45, 7) is 4.56. The lowest BCUT2D eigenvalue weighted by molar-refractivity contribution is -0.190. The second-order valence-corrected chi connectivity index (χ2v) is 10.4. The Balaban J connectivity index is 1.18. The lowest BCUT2D eigenvalue weighted by Crippen LogP contribution is -2.44. The van der Waals surface area contributed by atoms with Crippen LogP contribution in [-0.4, -0.2) is 76.0 Å². The van der Waals surface area contributed by atoms with Gasteiger partial charge in [0.2, 0.25) is 11.8 Å². The van der Waals surface area contributed by atoms with Crippen molar-refractivity contribution in [3.8, 4) is 11.8 Å². The van der Waals surface area contributed by atoms with Crippen LogP contribution in [0.4, 0.5) is 17.6 Å². The highest BCUT2D eigenvalue weighted by Gasteiger charge is 2.38. The fourth-order valence-corrected chi connectivity index (χ4v) is 4.90. The number of rotatable bonds is 9. The number of alkyl halides is 4. The molecule has 1 unspecified atom stereocenters. The maximum Gasteiger partial charge on any atom is 0.425 e. The molecule has 12 heteroatoms. The van der Waals surface area contributed by atoms with Crippen LogP contribution in [0.2, 0.25) is 0 Å². The summed E-state index contributed by atoms with van der Waals surface area (Å²) >= 11 is 0. The second-order valence-electron chi connectivity index (χ2n) is 10.4. The molecule has 1 atom stereocenters. The van der Waals surface area contributed by atoms with E-state index in [-0.39, 0.29) is 30.3 Å². The van der Waals surface area contributed by atoms with E-state index in [1.54, 1.807) is 19.2 Å². The van der Waals surface area contributed by atoms with Gasteiger partial charge < -0.3 is 19.7 Å². The number of halogens is 4. The topological polar surface area (TPSA) is 89.5 Å². The molecule has 0 bridgehead atoms. The van der Waals surface area contributed by atoms with Gasteiger partial charge in [-0.25, -0.2) is 14.4 Å². The lowest BCUT2D eigenvalue weighted by Gasteiger charge is -2.35. The number of fused-ring (bicyclic) bond motifs is 1. The first-order valence-corrected chi connectivity index (χ1v) is 13.3. The molecule has 0 saturated heterocycles. The Morgan fingerprint density at radius 2 is 1.90 bits per heavy atom. The predicted molar refractivity (Wildman–Crippen MR) is 135 cm³/mol. The van der Waals surface area contributed by atoms with Gasteiger partial charge in [-0.2, -0.15) is 13.2 Å². The van der Waals surface area contributed by atoms with Crippen LogP contribution < -0.4 is 14.8 Å². The Morgan fingerprint density at radius 1 is 1.15 bits per heavy atom. The van der Waals surface area contributed by atoms with E-state index in [1.165, 1.54) is 12.3 Å². The van der Waals surface area contributed by atoms with E-state index in [0.29, 0.717) is 58.0 Å². The van der Waals surface area contributed by atoms with Crippen molar-refractivity contribution < 1.29 is 31.8 Å². The number of nitrogens with one attached hydrogen (secondary N) is 1. The molecule has 1 aliphatic heterocycles. The molecule has 1 saturated carbocycles. The normalized spacial score (nSPS) is 22.9. The van der Waals surface area contributed by atoms with Crippen molar-refractivity contribution in [2.24, 2.45) is 0 Å². The van der Waals surface area contributed by atoms with Gasteiger partial charge in [-0.05, 0) is 57.9 Å². The van der Waals surface area contributed by atoms with Crippen LogP contribution >= 0.6 is 0 Å². The van der Waals surface area contributed by atoms with Gasteiger partial charge in [-0.1, -0.05) is 6.07 Å². The molecule has 4 rings (SSSR count). The van der Waals surface area contributed by atoms with Gasteiger partial charge in [-0.15, -0.1) is 0 Å². The number of carbonyl (C=O) groups excluding carboxylic acids is 1. The van der Waals surface area contributed by atoms with Crippen LogP contribution in [0.3, 0.4) is 0 Å². The highest BCUT2D eigenvalue weighted by Crippen LogP contribution is 2.35. The molecule has 1 amide bonds. The van der Waals surface area contributed by atoms with Crippen LogP contribution in [0, 0.1) is 6.92 Å². The highest BCUT2D eigenvalue weighted by molar-refractivity contribution is 5.77. The molecule has 214 valence electrons. The molecule has 0 radical (unpaired) electrons. The minimum absolute atomic E-state index is 0.0334. The first kappa shape index (κ1) is 29.0. The summed E-state index contributed by atoms with van der Waals surface area (Å²) in [5.74, 6) is -0.0266. The van der Waals surface area contributed by atoms with E-state index in [1.807, 2.05) is 0 Å². The van der Waals surface area contributed by atoms with E-state index >= 15 is 4.39 Å². The Kier molecular flexibility index (Phi) is 9.24. The molecule has 39 heavy (non-hydrogen) atoms. The fourth-order valence-electron chi connectivity index (χ4n) is 4.90. The van der Waals surface area contributed by atoms with E-state index < -0.39 is 17.9 Å². The van der Waals surface area contributed by atoms with Gasteiger partial charge in [0.15, 0.2) is 12.7 Å². The molecule has 1 N–H and O–H groups in total. The quantitative estimate of drug-likeness (QED) is 0.467. The number of pyridine rings is 1. The predicted octanol–water partition coefficient (Wildman–Crippen LogP) is 4.15. The largest absolute Gasteiger partial charge is 0.466 e. The molecule has 2 aromatic heterocycles. The molecule has 0 aromatic carbocycles. The van der Waals surface area contributed by atoms with Crippen molar-refractivity contribution in [1.82, 2.24) is 25.2 Å². The molecule has 3 heterocycles. The molecule has 1 fully saturated rings. The van der Waals surface area contributed by atoms with Crippen molar-refractivity contribution >= 4 is 5.91 Å². The molecule has 2 aliphatic rings. The van der Waals surface area contributed by atoms with Crippen molar-refractivity contribution in [2.75, 3.05) is 26.2 Å². The summed E-state index contributed by atoms with van der Waals surface area (Å²) in [7, 11) is 0. The molecular weight excluding hydrogens is 518 g/mol. The average Bonchev–Trinajstić information content (AvgIpc) is 3.10. The third kappa shape index (κ3) is 8.48. The summed E-state index contributed by atoms with van der Waals surface area (Å²) in [5, 5.41) is 2.92. The monoisotopic (exact) mass is 553 g/mol. The standard InChI is InChI=1S/C27H35F4N5O3/c1-18-15-33-25(16-32-18)38-17-23(37)34-21-5-9-26(28,10-6-21)11-14-36-12-7-20-3-4-24(35-22(20)8-13-36)39-19(2)27(29,30)31/h3-4,15-16,19,21H,5-14,17H2,1-2H3,(H,34,37). The average molecular weight is 554 g/mol. The number of hydrogen-bond donors (Lipinski definition) is 1. The van der Waals surface area contributed by atoms with Crippen molar-refractivity contribution in [2.45, 2.75) is 82.8 Å². The van der Waals surface area contributed by atoms with Crippen LogP contribution in [0.5, 0.6) is 11.8 Å². The zero-order chi connectivity index (χ0) is 28.0. The van der Waals surface area contributed by atoms with Crippen LogP contribution in [0.15, 0.2) is 24.5 Å². The van der Waals surface area contributed by atoms with E-state index in [9.17, 15) is 18.0 Å². The minimum atomic E-state index is -4.45. The van der Waals surface area contributed by atoms with Crippen LogP contribution in [-0.2, 0) is 17.6 Å². The Hall–Kier alpha value is -3.02. The van der Waals surface area contributed by atoms with Gasteiger partial charge in [0.1, 0.15) is 5.67 Å². The summed E-state index contributed by atoms with van der Waals surface area (Å²) in [4.78, 5) is 26.9. The van der Waals surface area contributed by atoms with Crippen molar-refractivity contribution in [3.05, 3.63) is 41.5 Å².